The topological polar surface area (TPSA) is 85.5 Å². The normalized spacial score (nSPS) is 0. The number of rotatable bonds is 0. The fourth-order valence-corrected chi connectivity index (χ4v) is 0. The summed E-state index contributed by atoms with van der Waals surface area (Å²) in [6.07, 6.45) is 0. The van der Waals surface area contributed by atoms with Crippen molar-refractivity contribution in [1.82, 2.24) is 0 Å². The molecule has 0 aliphatic carbocycles. The van der Waals surface area contributed by atoms with Gasteiger partial charge in [-0.3, -0.25) is 0 Å². The van der Waals surface area contributed by atoms with Gasteiger partial charge in [0.15, 0.2) is 0 Å². The van der Waals surface area contributed by atoms with E-state index in [1.807, 2.05) is 0 Å². The van der Waals surface area contributed by atoms with Gasteiger partial charge in [0.1, 0.15) is 0 Å². The van der Waals surface area contributed by atoms with Crippen molar-refractivity contribution in [2.45, 2.75) is 0 Å². The molecule has 3 nitrogen and oxygen atoms in total. The molecule has 0 unspecified atom stereocenters. The van der Waals surface area contributed by atoms with Gasteiger partial charge < -0.3 is 16.4 Å². The van der Waals surface area contributed by atoms with E-state index in [1.54, 1.807) is 0 Å². The van der Waals surface area contributed by atoms with Crippen LogP contribution in [-0.4, -0.2) is 52.4 Å². The minimum absolute atomic E-state index is 0. The van der Waals surface area contributed by atoms with Crippen LogP contribution in [0.25, 0.3) is 0 Å². The molecule has 0 aliphatic rings. The van der Waals surface area contributed by atoms with Crippen LogP contribution < -0.4 is 0 Å². The molecule has 0 atom stereocenters. The van der Waals surface area contributed by atoms with Crippen molar-refractivity contribution in [3.8, 4) is 0 Å². The molecule has 0 heterocycles. The quantitative estimate of drug-likeness (QED) is 0.328. The molecule has 0 aliphatic heterocycles. The Balaban J connectivity index is 0. The third kappa shape index (κ3) is 53.8. The second kappa shape index (κ2) is 71.1. The van der Waals surface area contributed by atoms with Crippen LogP contribution in [0.4, 0.5) is 0 Å². The van der Waals surface area contributed by atoms with Crippen LogP contribution in [0.2, 0.25) is 0 Å². The molecular formula is Bi2Mn2O3. The first-order chi connectivity index (χ1) is 0. The smallest absolute Gasteiger partial charge is 2.00 e. The van der Waals surface area contributed by atoms with Gasteiger partial charge >= 0.3 is 52.4 Å². The average Bonchev–Trinajstić information content (AvgIpc) is 0. The van der Waals surface area contributed by atoms with Crippen molar-refractivity contribution in [3.63, 3.8) is 0 Å². The monoisotopic (exact) mass is 576 g/mol. The van der Waals surface area contributed by atoms with E-state index < -0.39 is 0 Å². The Labute approximate surface area is 101 Å². The predicted octanol–water partition coefficient (Wildman–Crippen LogP) is -1.12. The second-order valence-electron chi connectivity index (χ2n) is 0. The summed E-state index contributed by atoms with van der Waals surface area (Å²) >= 11 is 0. The van der Waals surface area contributed by atoms with E-state index in [0.29, 0.717) is 0 Å². The number of hydrogen-bond donors (Lipinski definition) is 0. The van der Waals surface area contributed by atoms with E-state index in [4.69, 9.17) is 0 Å². The third-order valence-electron chi connectivity index (χ3n) is 0. The number of hydrogen-bond acceptors (Lipinski definition) is 0. The molecule has 0 bridgehead atoms. The van der Waals surface area contributed by atoms with E-state index in [-0.39, 0.29) is 103 Å². The molecular weight excluding hydrogens is 576 g/mol. The van der Waals surface area contributed by atoms with Crippen molar-refractivity contribution in [1.29, 1.82) is 0 Å². The van der Waals surface area contributed by atoms with Crippen molar-refractivity contribution >= 4 is 52.4 Å². The zero-order valence-corrected chi connectivity index (χ0v) is 12.2. The van der Waals surface area contributed by atoms with Gasteiger partial charge in [-0.1, -0.05) is 0 Å². The minimum Gasteiger partial charge on any atom is -2.00 e. The van der Waals surface area contributed by atoms with Crippen LogP contribution in [0.5, 0.6) is 0 Å². The summed E-state index contributed by atoms with van der Waals surface area (Å²) in [6.45, 7) is 0. The van der Waals surface area contributed by atoms with E-state index in [1.165, 1.54) is 0 Å². The van der Waals surface area contributed by atoms with E-state index in [9.17, 15) is 0 Å². The van der Waals surface area contributed by atoms with Gasteiger partial charge in [-0.15, -0.1) is 0 Å². The summed E-state index contributed by atoms with van der Waals surface area (Å²) in [4.78, 5) is 0. The molecule has 7 heavy (non-hydrogen) atoms. The molecule has 0 saturated heterocycles. The van der Waals surface area contributed by atoms with Gasteiger partial charge in [0, 0.05) is 34.1 Å². The summed E-state index contributed by atoms with van der Waals surface area (Å²) < 4.78 is 0. The molecule has 0 aromatic carbocycles. The van der Waals surface area contributed by atoms with Gasteiger partial charge in [0.2, 0.25) is 0 Å². The molecule has 0 N–H and O–H groups in total. The second-order valence-corrected chi connectivity index (χ2v) is 0. The van der Waals surface area contributed by atoms with Crippen LogP contribution >= 0.6 is 0 Å². The summed E-state index contributed by atoms with van der Waals surface area (Å²) in [5, 5.41) is 0. The first-order valence-electron chi connectivity index (χ1n) is 0. The standard InChI is InChI=1S/2Bi.2Mn.3O/q2*+3;;;3*-2. The zero-order chi connectivity index (χ0) is 0. The molecule has 0 aromatic heterocycles. The Kier molecular flexibility index (Phi) is 1030. The molecule has 0 spiro atoms. The van der Waals surface area contributed by atoms with Crippen molar-refractivity contribution in [2.24, 2.45) is 0 Å². The van der Waals surface area contributed by atoms with Gasteiger partial charge in [0.05, 0.1) is 0 Å². The van der Waals surface area contributed by atoms with Crippen LogP contribution in [0.3, 0.4) is 0 Å². The third-order valence-corrected chi connectivity index (χ3v) is 0. The molecule has 0 saturated carbocycles. The first kappa shape index (κ1) is 101. The Bertz CT molecular complexity index is 10.9. The van der Waals surface area contributed by atoms with E-state index >= 15 is 0 Å². The van der Waals surface area contributed by atoms with Crippen molar-refractivity contribution < 1.29 is 50.6 Å². The van der Waals surface area contributed by atoms with Gasteiger partial charge in [-0.05, 0) is 0 Å². The molecule has 6 radical (unpaired) electrons. The fraction of sp³-hybridized carbons (Fsp3) is 0. The molecule has 0 amide bonds. The molecule has 0 rings (SSSR count). The Morgan fingerprint density at radius 2 is 0.429 bits per heavy atom. The van der Waals surface area contributed by atoms with Gasteiger partial charge in [-0.25, -0.2) is 0 Å². The Morgan fingerprint density at radius 3 is 0.429 bits per heavy atom. The van der Waals surface area contributed by atoms with Crippen LogP contribution in [-0.2, 0) is 50.6 Å². The predicted molar refractivity (Wildman–Crippen MR) is 13.6 cm³/mol. The summed E-state index contributed by atoms with van der Waals surface area (Å²) in [5.41, 5.74) is 0. The largest absolute Gasteiger partial charge is 3.00 e. The summed E-state index contributed by atoms with van der Waals surface area (Å²) in [5.74, 6) is 0. The zero-order valence-electron chi connectivity index (χ0n) is 2.88. The van der Waals surface area contributed by atoms with Gasteiger partial charge in [-0.2, -0.15) is 0 Å². The van der Waals surface area contributed by atoms with Gasteiger partial charge in [0.25, 0.3) is 0 Å². The molecule has 0 fully saturated rings. The summed E-state index contributed by atoms with van der Waals surface area (Å²) in [7, 11) is 0. The molecule has 0 aromatic rings. The fourth-order valence-electron chi connectivity index (χ4n) is 0. The summed E-state index contributed by atoms with van der Waals surface area (Å²) in [6, 6.07) is 0. The van der Waals surface area contributed by atoms with Crippen LogP contribution in [0.15, 0.2) is 0 Å². The van der Waals surface area contributed by atoms with Crippen molar-refractivity contribution in [2.75, 3.05) is 0 Å². The molecule has 42 valence electrons. The van der Waals surface area contributed by atoms with E-state index in [0.717, 1.165) is 0 Å². The molecule has 7 heteroatoms. The average molecular weight is 576 g/mol. The Hall–Kier alpha value is 2.69. The van der Waals surface area contributed by atoms with Crippen LogP contribution in [0, 0.1) is 0 Å². The minimum atomic E-state index is 0. The maximum Gasteiger partial charge on any atom is 3.00 e. The first-order valence-corrected chi connectivity index (χ1v) is 0. The van der Waals surface area contributed by atoms with E-state index in [2.05, 4.69) is 0 Å². The SMILES string of the molecule is [Bi+3].[Bi+3].[Mn].[Mn].[O-2].[O-2].[O-2]. The maximum atomic E-state index is 0. The van der Waals surface area contributed by atoms with Crippen molar-refractivity contribution in [3.05, 3.63) is 0 Å². The van der Waals surface area contributed by atoms with Crippen LogP contribution in [0.1, 0.15) is 0 Å². The maximum absolute atomic E-state index is 0. The Morgan fingerprint density at radius 1 is 0.429 bits per heavy atom.